The fourth-order valence-corrected chi connectivity index (χ4v) is 3.77. The van der Waals surface area contributed by atoms with Crippen molar-refractivity contribution in [2.24, 2.45) is 0 Å². The molecule has 1 aliphatic heterocycles. The molecule has 4 heteroatoms. The number of benzene rings is 1. The molecule has 1 aliphatic rings. The fourth-order valence-electron chi connectivity index (χ4n) is 3.77. The Balaban J connectivity index is 1.68. The van der Waals surface area contributed by atoms with E-state index in [2.05, 4.69) is 27.9 Å². The van der Waals surface area contributed by atoms with Crippen LogP contribution in [0.2, 0.25) is 0 Å². The van der Waals surface area contributed by atoms with E-state index in [-0.39, 0.29) is 5.56 Å². The zero-order valence-electron chi connectivity index (χ0n) is 13.8. The number of fused-ring (bicyclic) bond motifs is 1. The molecule has 0 aliphatic carbocycles. The van der Waals surface area contributed by atoms with Gasteiger partial charge in [-0.3, -0.25) is 14.7 Å². The molecule has 4 nitrogen and oxygen atoms in total. The van der Waals surface area contributed by atoms with Gasteiger partial charge in [-0.1, -0.05) is 24.3 Å². The second-order valence-electron chi connectivity index (χ2n) is 6.61. The molecule has 122 valence electrons. The van der Waals surface area contributed by atoms with Crippen molar-refractivity contribution in [3.05, 3.63) is 76.0 Å². The van der Waals surface area contributed by atoms with Gasteiger partial charge in [0.2, 0.25) is 0 Å². The minimum absolute atomic E-state index is 0.0183. The number of hydrogen-bond acceptors (Lipinski definition) is 3. The highest BCUT2D eigenvalue weighted by molar-refractivity contribution is 5.84. The highest BCUT2D eigenvalue weighted by Gasteiger charge is 2.26. The zero-order chi connectivity index (χ0) is 16.5. The number of aromatic amines is 1. The van der Waals surface area contributed by atoms with Crippen LogP contribution in [0.3, 0.4) is 0 Å². The first-order chi connectivity index (χ1) is 11.7. The molecule has 0 spiro atoms. The lowest BCUT2D eigenvalue weighted by molar-refractivity contribution is 0.248. The Morgan fingerprint density at radius 3 is 2.92 bits per heavy atom. The standard InChI is InChI=1S/C20H21N3O/c1-14-9-15(11-21-10-14)19-7-4-8-23(19)13-16-12-22-20(24)18-6-3-2-5-17(16)18/h2-3,5-6,9-12,19H,4,7-8,13H2,1H3,(H,22,24). The van der Waals surface area contributed by atoms with E-state index in [1.807, 2.05) is 42.9 Å². The van der Waals surface area contributed by atoms with Crippen molar-refractivity contribution in [3.8, 4) is 0 Å². The number of likely N-dealkylation sites (tertiary alicyclic amines) is 1. The molecule has 1 aromatic carbocycles. The molecule has 24 heavy (non-hydrogen) atoms. The van der Waals surface area contributed by atoms with Crippen LogP contribution in [0.25, 0.3) is 10.8 Å². The predicted octanol–water partition coefficient (Wildman–Crippen LogP) is 3.57. The Morgan fingerprint density at radius 2 is 2.08 bits per heavy atom. The van der Waals surface area contributed by atoms with Crippen molar-refractivity contribution >= 4 is 10.8 Å². The van der Waals surface area contributed by atoms with Crippen LogP contribution in [0.5, 0.6) is 0 Å². The fraction of sp³-hybridized carbons (Fsp3) is 0.300. The topological polar surface area (TPSA) is 49.0 Å². The van der Waals surface area contributed by atoms with Gasteiger partial charge in [0.25, 0.3) is 5.56 Å². The van der Waals surface area contributed by atoms with E-state index in [9.17, 15) is 4.79 Å². The van der Waals surface area contributed by atoms with Crippen LogP contribution in [0.4, 0.5) is 0 Å². The second-order valence-corrected chi connectivity index (χ2v) is 6.61. The van der Waals surface area contributed by atoms with E-state index in [1.165, 1.54) is 23.1 Å². The number of aromatic nitrogens is 2. The normalized spacial score (nSPS) is 18.3. The summed E-state index contributed by atoms with van der Waals surface area (Å²) < 4.78 is 0. The monoisotopic (exact) mass is 319 g/mol. The minimum Gasteiger partial charge on any atom is -0.328 e. The maximum Gasteiger partial charge on any atom is 0.255 e. The zero-order valence-corrected chi connectivity index (χ0v) is 13.8. The molecule has 0 saturated carbocycles. The molecule has 0 bridgehead atoms. The van der Waals surface area contributed by atoms with E-state index in [1.54, 1.807) is 0 Å². The summed E-state index contributed by atoms with van der Waals surface area (Å²) in [6.07, 6.45) is 8.11. The number of nitrogens with zero attached hydrogens (tertiary/aromatic N) is 2. The predicted molar refractivity (Wildman–Crippen MR) is 95.9 cm³/mol. The molecule has 0 radical (unpaired) electrons. The second kappa shape index (κ2) is 6.21. The molecule has 1 N–H and O–H groups in total. The summed E-state index contributed by atoms with van der Waals surface area (Å²) in [6, 6.07) is 10.5. The van der Waals surface area contributed by atoms with Crippen molar-refractivity contribution in [2.45, 2.75) is 32.4 Å². The van der Waals surface area contributed by atoms with Crippen molar-refractivity contribution in [3.63, 3.8) is 0 Å². The lowest BCUT2D eigenvalue weighted by Gasteiger charge is -2.25. The van der Waals surface area contributed by atoms with Crippen molar-refractivity contribution < 1.29 is 0 Å². The Morgan fingerprint density at radius 1 is 1.25 bits per heavy atom. The van der Waals surface area contributed by atoms with E-state index in [0.29, 0.717) is 6.04 Å². The van der Waals surface area contributed by atoms with Crippen LogP contribution in [0, 0.1) is 6.92 Å². The number of H-pyrrole nitrogens is 1. The van der Waals surface area contributed by atoms with Gasteiger partial charge in [0.05, 0.1) is 0 Å². The van der Waals surface area contributed by atoms with Crippen LogP contribution in [-0.2, 0) is 6.54 Å². The maximum atomic E-state index is 12.0. The molecule has 1 atom stereocenters. The summed E-state index contributed by atoms with van der Waals surface area (Å²) in [7, 11) is 0. The van der Waals surface area contributed by atoms with E-state index in [0.717, 1.165) is 30.3 Å². The van der Waals surface area contributed by atoms with Gasteiger partial charge in [0.1, 0.15) is 0 Å². The Kier molecular flexibility index (Phi) is 3.90. The Hall–Kier alpha value is -2.46. The van der Waals surface area contributed by atoms with Gasteiger partial charge in [-0.05, 0) is 54.5 Å². The van der Waals surface area contributed by atoms with Gasteiger partial charge in [0.15, 0.2) is 0 Å². The van der Waals surface area contributed by atoms with Gasteiger partial charge in [-0.25, -0.2) is 0 Å². The molecular formula is C20H21N3O. The number of hydrogen-bond donors (Lipinski definition) is 1. The Labute approximate surface area is 141 Å². The molecular weight excluding hydrogens is 298 g/mol. The summed E-state index contributed by atoms with van der Waals surface area (Å²) in [4.78, 5) is 21.8. The van der Waals surface area contributed by atoms with E-state index < -0.39 is 0 Å². The summed E-state index contributed by atoms with van der Waals surface area (Å²) in [6.45, 7) is 4.01. The lowest BCUT2D eigenvalue weighted by atomic mass is 10.0. The SMILES string of the molecule is Cc1cncc(C2CCCN2Cc2c[nH]c(=O)c3ccccc23)c1. The first-order valence-corrected chi connectivity index (χ1v) is 8.47. The highest BCUT2D eigenvalue weighted by atomic mass is 16.1. The molecule has 4 rings (SSSR count). The molecule has 2 aromatic heterocycles. The van der Waals surface area contributed by atoms with Crippen molar-refractivity contribution in [1.29, 1.82) is 0 Å². The summed E-state index contributed by atoms with van der Waals surface area (Å²) in [5.41, 5.74) is 3.66. The smallest absolute Gasteiger partial charge is 0.255 e. The number of pyridine rings is 2. The van der Waals surface area contributed by atoms with Gasteiger partial charge >= 0.3 is 0 Å². The Bertz CT molecular complexity index is 931. The lowest BCUT2D eigenvalue weighted by Crippen LogP contribution is -2.23. The number of nitrogens with one attached hydrogen (secondary N) is 1. The van der Waals surface area contributed by atoms with Gasteiger partial charge in [-0.15, -0.1) is 0 Å². The summed E-state index contributed by atoms with van der Waals surface area (Å²) in [5, 5.41) is 1.82. The van der Waals surface area contributed by atoms with E-state index >= 15 is 0 Å². The van der Waals surface area contributed by atoms with Gasteiger partial charge in [-0.2, -0.15) is 0 Å². The number of rotatable bonds is 3. The average molecular weight is 319 g/mol. The first-order valence-electron chi connectivity index (χ1n) is 8.47. The van der Waals surface area contributed by atoms with E-state index in [4.69, 9.17) is 0 Å². The molecule has 1 fully saturated rings. The first kappa shape index (κ1) is 15.1. The highest BCUT2D eigenvalue weighted by Crippen LogP contribution is 2.33. The largest absolute Gasteiger partial charge is 0.328 e. The van der Waals surface area contributed by atoms with Crippen molar-refractivity contribution in [1.82, 2.24) is 14.9 Å². The molecule has 3 aromatic rings. The third kappa shape index (κ3) is 2.74. The van der Waals surface area contributed by atoms with Gasteiger partial charge in [0, 0.05) is 36.6 Å². The quantitative estimate of drug-likeness (QED) is 0.803. The van der Waals surface area contributed by atoms with Crippen molar-refractivity contribution in [2.75, 3.05) is 6.54 Å². The summed E-state index contributed by atoms with van der Waals surface area (Å²) >= 11 is 0. The van der Waals surface area contributed by atoms with Crippen LogP contribution >= 0.6 is 0 Å². The van der Waals surface area contributed by atoms with Crippen LogP contribution in [-0.4, -0.2) is 21.4 Å². The van der Waals surface area contributed by atoms with Crippen LogP contribution in [0.1, 0.15) is 35.6 Å². The molecule has 1 saturated heterocycles. The van der Waals surface area contributed by atoms with Crippen LogP contribution in [0.15, 0.2) is 53.7 Å². The molecule has 1 unspecified atom stereocenters. The third-order valence-electron chi connectivity index (χ3n) is 4.91. The van der Waals surface area contributed by atoms with Crippen LogP contribution < -0.4 is 5.56 Å². The minimum atomic E-state index is -0.0183. The molecule has 3 heterocycles. The van der Waals surface area contributed by atoms with Gasteiger partial charge < -0.3 is 4.98 Å². The summed E-state index contributed by atoms with van der Waals surface area (Å²) in [5.74, 6) is 0. The molecule has 0 amide bonds. The average Bonchev–Trinajstić information content (AvgIpc) is 3.06. The third-order valence-corrected chi connectivity index (χ3v) is 4.91. The maximum absolute atomic E-state index is 12.0. The number of aryl methyl sites for hydroxylation is 1.